The topological polar surface area (TPSA) is 120 Å². The smallest absolute Gasteiger partial charge is 0.408 e. The van der Waals surface area contributed by atoms with E-state index in [1.54, 1.807) is 27.7 Å². The molecule has 2 N–H and O–H groups in total. The Morgan fingerprint density at radius 3 is 2.21 bits per heavy atom. The molecule has 0 aromatic rings. The number of amides is 1. The van der Waals surface area contributed by atoms with Gasteiger partial charge in [-0.2, -0.15) is 13.1 Å². The van der Waals surface area contributed by atoms with Crippen molar-refractivity contribution >= 4 is 22.4 Å². The molecule has 1 rings (SSSR count). The van der Waals surface area contributed by atoms with E-state index in [-0.39, 0.29) is 12.5 Å². The molecule has 0 spiro atoms. The van der Waals surface area contributed by atoms with Gasteiger partial charge in [0, 0.05) is 0 Å². The fourth-order valence-corrected chi connectivity index (χ4v) is 3.81. The number of esters is 1. The van der Waals surface area contributed by atoms with Crippen LogP contribution < -0.4 is 10.0 Å². The van der Waals surface area contributed by atoms with Gasteiger partial charge >= 0.3 is 22.4 Å². The molecule has 0 radical (unpaired) electrons. The second-order valence-electron chi connectivity index (χ2n) is 8.86. The second kappa shape index (κ2) is 10.9. The molecule has 1 saturated heterocycles. The Kier molecular flexibility index (Phi) is 10.3. The van der Waals surface area contributed by atoms with Gasteiger partial charge in [-0.25, -0.2) is 9.59 Å². The zero-order valence-corrected chi connectivity index (χ0v) is 19.6. The van der Waals surface area contributed by atoms with Crippen molar-refractivity contribution in [2.45, 2.75) is 78.5 Å². The van der Waals surface area contributed by atoms with Crippen molar-refractivity contribution in [1.82, 2.24) is 10.0 Å². The summed E-state index contributed by atoms with van der Waals surface area (Å²) in [7, 11) is -2.19. The van der Waals surface area contributed by atoms with Crippen LogP contribution in [0.25, 0.3) is 0 Å². The lowest BCUT2D eigenvalue weighted by atomic mass is 9.97. The summed E-state index contributed by atoms with van der Waals surface area (Å²) in [6, 6.07) is -0.658. The Morgan fingerprint density at radius 2 is 1.86 bits per heavy atom. The molecular weight excluding hydrogens is 400 g/mol. The average Bonchev–Trinajstić information content (AvgIpc) is 2.76. The fourth-order valence-electron chi connectivity index (χ4n) is 2.60. The van der Waals surface area contributed by atoms with E-state index in [1.807, 2.05) is 20.8 Å². The van der Waals surface area contributed by atoms with Gasteiger partial charge in [0.15, 0.2) is 0 Å². The predicted molar refractivity (Wildman–Crippen MR) is 110 cm³/mol. The summed E-state index contributed by atoms with van der Waals surface area (Å²) in [5.74, 6) is -0.182. The summed E-state index contributed by atoms with van der Waals surface area (Å²) in [5.41, 5.74) is -0.154. The van der Waals surface area contributed by atoms with E-state index in [9.17, 15) is 18.0 Å². The van der Waals surface area contributed by atoms with Gasteiger partial charge in [0.25, 0.3) is 0 Å². The van der Waals surface area contributed by atoms with Gasteiger partial charge in [0.2, 0.25) is 0 Å². The normalized spacial score (nSPS) is 21.6. The summed E-state index contributed by atoms with van der Waals surface area (Å²) in [4.78, 5) is 23.0. The lowest BCUT2D eigenvalue weighted by Crippen LogP contribution is -2.44. The summed E-state index contributed by atoms with van der Waals surface area (Å²) >= 11 is 0. The highest BCUT2D eigenvalue weighted by Crippen LogP contribution is 2.22. The van der Waals surface area contributed by atoms with Crippen LogP contribution in [0, 0.1) is 5.92 Å². The predicted octanol–water partition coefficient (Wildman–Crippen LogP) is 2.67. The Labute approximate surface area is 174 Å². The van der Waals surface area contributed by atoms with Crippen molar-refractivity contribution in [3.63, 3.8) is 0 Å². The van der Waals surface area contributed by atoms with Gasteiger partial charge in [0.1, 0.15) is 11.6 Å². The minimum absolute atomic E-state index is 0.183. The molecule has 2 atom stereocenters. The number of nitrogens with one attached hydrogen (secondary N) is 2. The van der Waals surface area contributed by atoms with Gasteiger partial charge in [0.05, 0.1) is 19.3 Å². The fraction of sp³-hybridized carbons (Fsp3) is 0.789. The van der Waals surface area contributed by atoms with Crippen molar-refractivity contribution in [1.29, 1.82) is 0 Å². The summed E-state index contributed by atoms with van der Waals surface area (Å²) in [6.07, 6.45) is 0.520. The lowest BCUT2D eigenvalue weighted by Gasteiger charge is -2.23. The highest BCUT2D eigenvalue weighted by molar-refractivity contribution is 7.85. The van der Waals surface area contributed by atoms with Crippen molar-refractivity contribution < 1.29 is 31.7 Å². The van der Waals surface area contributed by atoms with Crippen LogP contribution in [-0.2, 0) is 28.8 Å². The maximum atomic E-state index is 11.5. The minimum Gasteiger partial charge on any atom is -0.467 e. The summed E-state index contributed by atoms with van der Waals surface area (Å²) in [6.45, 7) is 16.8. The highest BCUT2D eigenvalue weighted by atomic mass is 32.2. The molecule has 2 unspecified atom stereocenters. The van der Waals surface area contributed by atoms with Crippen molar-refractivity contribution in [3.05, 3.63) is 12.2 Å². The molecule has 170 valence electrons. The first kappa shape index (κ1) is 27.4. The average molecular weight is 437 g/mol. The van der Waals surface area contributed by atoms with Gasteiger partial charge < -0.3 is 14.8 Å². The number of methoxy groups -OCH3 is 1. The zero-order chi connectivity index (χ0) is 23.0. The van der Waals surface area contributed by atoms with Crippen LogP contribution in [-0.4, -0.2) is 51.4 Å². The molecule has 1 fully saturated rings. The molecular formula is C19H36N2O7S. The molecule has 9 nitrogen and oxygen atoms in total. The van der Waals surface area contributed by atoms with Crippen LogP contribution in [0.1, 0.15) is 61.3 Å². The van der Waals surface area contributed by atoms with E-state index in [2.05, 4.69) is 25.5 Å². The Hall–Kier alpha value is -1.65. The monoisotopic (exact) mass is 436 g/mol. The molecule has 1 aliphatic rings. The van der Waals surface area contributed by atoms with E-state index >= 15 is 0 Å². The van der Waals surface area contributed by atoms with Crippen molar-refractivity contribution in [2.75, 3.05) is 13.7 Å². The van der Waals surface area contributed by atoms with E-state index in [1.165, 1.54) is 7.11 Å². The van der Waals surface area contributed by atoms with E-state index < -0.39 is 39.5 Å². The maximum Gasteiger partial charge on any atom is 0.408 e. The van der Waals surface area contributed by atoms with E-state index in [4.69, 9.17) is 4.74 Å². The molecule has 1 amide bonds. The second-order valence-corrected chi connectivity index (χ2v) is 10.2. The number of hydrogen-bond acceptors (Lipinski definition) is 7. The summed E-state index contributed by atoms with van der Waals surface area (Å²) in [5, 5.41) is 2.52. The Bertz CT molecular complexity index is 683. The van der Waals surface area contributed by atoms with Gasteiger partial charge in [-0.15, -0.1) is 6.58 Å². The first-order valence-corrected chi connectivity index (χ1v) is 10.8. The molecule has 29 heavy (non-hydrogen) atoms. The van der Waals surface area contributed by atoms with Crippen LogP contribution in [0.15, 0.2) is 12.2 Å². The van der Waals surface area contributed by atoms with Crippen LogP contribution >= 0.6 is 0 Å². The Balaban J connectivity index is 0.000000571. The molecule has 1 heterocycles. The third-order valence-corrected chi connectivity index (χ3v) is 4.65. The third-order valence-electron chi connectivity index (χ3n) is 3.48. The van der Waals surface area contributed by atoms with Gasteiger partial charge in [-0.05, 0) is 53.4 Å². The number of ether oxygens (including phenoxy) is 2. The minimum atomic E-state index is -3.49. The zero-order valence-electron chi connectivity index (χ0n) is 18.7. The number of hydrogen-bond donors (Lipinski definition) is 2. The quantitative estimate of drug-likeness (QED) is 0.485. The molecule has 0 aliphatic carbocycles. The molecule has 0 aromatic carbocycles. The SMILES string of the molecule is C=C(C)CC1(C)COS(=O)(=O)N1.COC(=O)C(CC(C)C)NC(=O)OC(C)(C)C. The molecule has 0 aromatic heterocycles. The molecule has 1 aliphatic heterocycles. The van der Waals surface area contributed by atoms with Gasteiger partial charge in [-0.3, -0.25) is 4.18 Å². The van der Waals surface area contributed by atoms with E-state index in [0.717, 1.165) is 5.57 Å². The molecule has 0 saturated carbocycles. The van der Waals surface area contributed by atoms with E-state index in [0.29, 0.717) is 12.8 Å². The molecule has 10 heteroatoms. The standard InChI is InChI=1S/C12H23NO4.C7H13NO3S/c1-8(2)7-9(10(14)16-6)13-11(15)17-12(3,4)5;1-6(2)4-7(3)5-11-12(9,10)8-7/h8-9H,7H2,1-6H3,(H,13,15);8H,1,4-5H2,2-3H3. The summed E-state index contributed by atoms with van der Waals surface area (Å²) < 4.78 is 38.5. The lowest BCUT2D eigenvalue weighted by molar-refractivity contribution is -0.143. The van der Waals surface area contributed by atoms with Crippen LogP contribution in [0.3, 0.4) is 0 Å². The largest absolute Gasteiger partial charge is 0.467 e. The van der Waals surface area contributed by atoms with Crippen molar-refractivity contribution in [3.8, 4) is 0 Å². The number of rotatable bonds is 6. The number of alkyl carbamates (subject to hydrolysis) is 1. The first-order valence-electron chi connectivity index (χ1n) is 9.38. The van der Waals surface area contributed by atoms with Crippen LogP contribution in [0.2, 0.25) is 0 Å². The third kappa shape index (κ3) is 12.5. The van der Waals surface area contributed by atoms with Crippen LogP contribution in [0.4, 0.5) is 4.79 Å². The first-order chi connectivity index (χ1) is 13.0. The highest BCUT2D eigenvalue weighted by Gasteiger charge is 2.38. The van der Waals surface area contributed by atoms with Gasteiger partial charge in [-0.1, -0.05) is 19.4 Å². The van der Waals surface area contributed by atoms with Crippen LogP contribution in [0.5, 0.6) is 0 Å². The van der Waals surface area contributed by atoms with Crippen molar-refractivity contribution in [2.24, 2.45) is 5.92 Å². The Morgan fingerprint density at radius 1 is 1.31 bits per heavy atom. The molecule has 0 bridgehead atoms. The number of carbonyl (C=O) groups excluding carboxylic acids is 2. The maximum absolute atomic E-state index is 11.5. The number of carbonyl (C=O) groups is 2.